The molecular weight excluding hydrogens is 308 g/mol. The van der Waals surface area contributed by atoms with Crippen molar-refractivity contribution in [1.29, 1.82) is 0 Å². The van der Waals surface area contributed by atoms with Crippen molar-refractivity contribution in [3.8, 4) is 11.5 Å². The summed E-state index contributed by atoms with van der Waals surface area (Å²) in [6.07, 6.45) is 4.58. The highest BCUT2D eigenvalue weighted by molar-refractivity contribution is 5.96. The smallest absolute Gasteiger partial charge is 0.321 e. The Labute approximate surface area is 142 Å². The van der Waals surface area contributed by atoms with E-state index in [0.717, 1.165) is 25.7 Å². The topological polar surface area (TPSA) is 76.7 Å². The second-order valence-corrected chi connectivity index (χ2v) is 5.94. The monoisotopic (exact) mass is 334 g/mol. The largest absolute Gasteiger partial charge is 0.490 e. The van der Waals surface area contributed by atoms with Gasteiger partial charge in [-0.05, 0) is 38.8 Å². The van der Waals surface area contributed by atoms with Crippen molar-refractivity contribution in [1.82, 2.24) is 10.6 Å². The van der Waals surface area contributed by atoms with Crippen LogP contribution in [-0.4, -0.2) is 30.7 Å². The van der Waals surface area contributed by atoms with Gasteiger partial charge in [-0.1, -0.05) is 31.4 Å². The molecule has 2 N–H and O–H groups in total. The number of hydrogen-bond donors (Lipinski definition) is 2. The van der Waals surface area contributed by atoms with Gasteiger partial charge in [0.15, 0.2) is 17.6 Å². The van der Waals surface area contributed by atoms with E-state index in [2.05, 4.69) is 10.6 Å². The maximum atomic E-state index is 12.1. The lowest BCUT2D eigenvalue weighted by atomic mass is 9.96. The first-order valence-electron chi connectivity index (χ1n) is 8.60. The van der Waals surface area contributed by atoms with E-state index in [9.17, 15) is 9.59 Å². The zero-order valence-electron chi connectivity index (χ0n) is 14.3. The Bertz CT molecular complexity index is 556. The molecule has 1 saturated carbocycles. The standard InChI is InChI=1S/C18H26N2O4/c1-3-23-15-11-7-8-12-16(15)24-13(2)17(21)20-18(22)19-14-9-5-4-6-10-14/h7-8,11-14H,3-6,9-10H2,1-2H3,(H2,19,20,21,22)/t13-/m1/s1. The summed E-state index contributed by atoms with van der Waals surface area (Å²) in [5.74, 6) is 0.579. The third-order valence-electron chi connectivity index (χ3n) is 4.00. The molecule has 3 amide bonds. The van der Waals surface area contributed by atoms with Gasteiger partial charge in [-0.2, -0.15) is 0 Å². The Morgan fingerprint density at radius 1 is 1.17 bits per heavy atom. The highest BCUT2D eigenvalue weighted by atomic mass is 16.5. The molecule has 0 heterocycles. The molecule has 1 aliphatic carbocycles. The van der Waals surface area contributed by atoms with Crippen LogP contribution in [0.1, 0.15) is 46.0 Å². The number of hydrogen-bond acceptors (Lipinski definition) is 4. The fourth-order valence-electron chi connectivity index (χ4n) is 2.75. The Hall–Kier alpha value is -2.24. The maximum Gasteiger partial charge on any atom is 0.321 e. The summed E-state index contributed by atoms with van der Waals surface area (Å²) in [5.41, 5.74) is 0. The van der Waals surface area contributed by atoms with Crippen molar-refractivity contribution in [2.45, 2.75) is 58.1 Å². The second kappa shape index (κ2) is 9.15. The van der Waals surface area contributed by atoms with Crippen LogP contribution in [0.5, 0.6) is 11.5 Å². The Balaban J connectivity index is 1.84. The summed E-state index contributed by atoms with van der Waals surface area (Å²) in [4.78, 5) is 24.1. The molecule has 6 nitrogen and oxygen atoms in total. The molecule has 6 heteroatoms. The van der Waals surface area contributed by atoms with Crippen molar-refractivity contribution in [3.05, 3.63) is 24.3 Å². The van der Waals surface area contributed by atoms with Crippen LogP contribution in [0, 0.1) is 0 Å². The van der Waals surface area contributed by atoms with Crippen molar-refractivity contribution in [3.63, 3.8) is 0 Å². The van der Waals surface area contributed by atoms with Crippen LogP contribution < -0.4 is 20.1 Å². The molecular formula is C18H26N2O4. The zero-order valence-corrected chi connectivity index (χ0v) is 14.3. The van der Waals surface area contributed by atoms with E-state index < -0.39 is 18.0 Å². The van der Waals surface area contributed by atoms with Gasteiger partial charge in [0.2, 0.25) is 0 Å². The Kier molecular flexibility index (Phi) is 6.90. The molecule has 132 valence electrons. The van der Waals surface area contributed by atoms with Crippen molar-refractivity contribution in [2.75, 3.05) is 6.61 Å². The third-order valence-corrected chi connectivity index (χ3v) is 4.00. The number of carbonyl (C=O) groups excluding carboxylic acids is 2. The summed E-state index contributed by atoms with van der Waals surface area (Å²) in [7, 11) is 0. The van der Waals surface area contributed by atoms with E-state index in [1.54, 1.807) is 25.1 Å². The van der Waals surface area contributed by atoms with Crippen LogP contribution in [0.4, 0.5) is 4.79 Å². The first kappa shape index (κ1) is 18.1. The summed E-state index contributed by atoms with van der Waals surface area (Å²) in [6.45, 7) is 3.99. The molecule has 24 heavy (non-hydrogen) atoms. The van der Waals surface area contributed by atoms with Gasteiger partial charge in [0.05, 0.1) is 6.61 Å². The van der Waals surface area contributed by atoms with Gasteiger partial charge < -0.3 is 14.8 Å². The molecule has 2 rings (SSSR count). The van der Waals surface area contributed by atoms with Crippen molar-refractivity contribution >= 4 is 11.9 Å². The molecule has 0 spiro atoms. The van der Waals surface area contributed by atoms with Gasteiger partial charge in [0.1, 0.15) is 0 Å². The van der Waals surface area contributed by atoms with E-state index in [4.69, 9.17) is 9.47 Å². The van der Waals surface area contributed by atoms with Gasteiger partial charge in [-0.3, -0.25) is 10.1 Å². The van der Waals surface area contributed by atoms with Gasteiger partial charge in [0.25, 0.3) is 5.91 Å². The van der Waals surface area contributed by atoms with Gasteiger partial charge >= 0.3 is 6.03 Å². The minimum Gasteiger partial charge on any atom is -0.490 e. The number of para-hydroxylation sites is 2. The predicted molar refractivity (Wildman–Crippen MR) is 91.2 cm³/mol. The fraction of sp³-hybridized carbons (Fsp3) is 0.556. The number of carbonyl (C=O) groups is 2. The number of imide groups is 1. The van der Waals surface area contributed by atoms with E-state index >= 15 is 0 Å². The molecule has 0 aromatic heterocycles. The number of rotatable bonds is 6. The van der Waals surface area contributed by atoms with Crippen LogP contribution in [0.3, 0.4) is 0 Å². The van der Waals surface area contributed by atoms with Crippen LogP contribution in [0.25, 0.3) is 0 Å². The van der Waals surface area contributed by atoms with Gasteiger partial charge in [-0.25, -0.2) is 4.79 Å². The molecule has 1 aromatic carbocycles. The fourth-order valence-corrected chi connectivity index (χ4v) is 2.75. The predicted octanol–water partition coefficient (Wildman–Crippen LogP) is 3.01. The number of nitrogens with one attached hydrogen (secondary N) is 2. The average Bonchev–Trinajstić information content (AvgIpc) is 2.57. The molecule has 0 saturated heterocycles. The van der Waals surface area contributed by atoms with Crippen molar-refractivity contribution < 1.29 is 19.1 Å². The second-order valence-electron chi connectivity index (χ2n) is 5.94. The number of amides is 3. The minimum atomic E-state index is -0.802. The zero-order chi connectivity index (χ0) is 17.4. The average molecular weight is 334 g/mol. The molecule has 1 fully saturated rings. The van der Waals surface area contributed by atoms with Crippen molar-refractivity contribution in [2.24, 2.45) is 0 Å². The quantitative estimate of drug-likeness (QED) is 0.838. The molecule has 0 aliphatic heterocycles. The Morgan fingerprint density at radius 3 is 2.50 bits per heavy atom. The number of benzene rings is 1. The van der Waals surface area contributed by atoms with Crippen LogP contribution in [0.15, 0.2) is 24.3 Å². The van der Waals surface area contributed by atoms with Crippen LogP contribution in [0.2, 0.25) is 0 Å². The molecule has 1 atom stereocenters. The highest BCUT2D eigenvalue weighted by Gasteiger charge is 2.21. The minimum absolute atomic E-state index is 0.154. The number of ether oxygens (including phenoxy) is 2. The summed E-state index contributed by atoms with van der Waals surface area (Å²) < 4.78 is 11.1. The first-order valence-corrected chi connectivity index (χ1v) is 8.60. The lowest BCUT2D eigenvalue weighted by Crippen LogP contribution is -2.48. The first-order chi connectivity index (χ1) is 11.6. The third kappa shape index (κ3) is 5.44. The lowest BCUT2D eigenvalue weighted by molar-refractivity contribution is -0.126. The van der Waals surface area contributed by atoms with Crippen LogP contribution >= 0.6 is 0 Å². The van der Waals surface area contributed by atoms with Gasteiger partial charge in [0, 0.05) is 6.04 Å². The summed E-state index contributed by atoms with van der Waals surface area (Å²) in [5, 5.41) is 5.19. The van der Waals surface area contributed by atoms with E-state index in [-0.39, 0.29) is 6.04 Å². The molecule has 0 unspecified atom stereocenters. The van der Waals surface area contributed by atoms with E-state index in [1.165, 1.54) is 6.42 Å². The highest BCUT2D eigenvalue weighted by Crippen LogP contribution is 2.27. The normalized spacial score (nSPS) is 16.1. The molecule has 1 aliphatic rings. The Morgan fingerprint density at radius 2 is 1.83 bits per heavy atom. The van der Waals surface area contributed by atoms with E-state index in [0.29, 0.717) is 18.1 Å². The molecule has 0 bridgehead atoms. The van der Waals surface area contributed by atoms with Crippen LogP contribution in [-0.2, 0) is 4.79 Å². The molecule has 0 radical (unpaired) electrons. The van der Waals surface area contributed by atoms with E-state index in [1.807, 2.05) is 13.0 Å². The molecule has 1 aromatic rings. The van der Waals surface area contributed by atoms with Gasteiger partial charge in [-0.15, -0.1) is 0 Å². The SMILES string of the molecule is CCOc1ccccc1O[C@H](C)C(=O)NC(=O)NC1CCCCC1. The summed E-state index contributed by atoms with van der Waals surface area (Å²) >= 11 is 0. The summed E-state index contributed by atoms with van der Waals surface area (Å²) in [6, 6.07) is 6.84. The maximum absolute atomic E-state index is 12.1. The lowest BCUT2D eigenvalue weighted by Gasteiger charge is -2.23. The number of urea groups is 1.